The third-order valence-corrected chi connectivity index (χ3v) is 5.51. The van der Waals surface area contributed by atoms with Gasteiger partial charge in [-0.1, -0.05) is 6.07 Å². The molecule has 7 heteroatoms. The number of likely N-dealkylation sites (tertiary alicyclic amines) is 1. The van der Waals surface area contributed by atoms with Gasteiger partial charge in [0, 0.05) is 44.3 Å². The Bertz CT molecular complexity index is 792. The summed E-state index contributed by atoms with van der Waals surface area (Å²) in [6.45, 7) is 6.63. The molecule has 0 N–H and O–H groups in total. The lowest BCUT2D eigenvalue weighted by molar-refractivity contribution is 0.123. The van der Waals surface area contributed by atoms with Gasteiger partial charge >= 0.3 is 0 Å². The number of aromatic nitrogens is 2. The van der Waals surface area contributed by atoms with Gasteiger partial charge in [-0.05, 0) is 17.7 Å². The number of hydrogen-bond acceptors (Lipinski definition) is 7. The number of hydrogen-bond donors (Lipinski definition) is 0. The van der Waals surface area contributed by atoms with Crippen molar-refractivity contribution in [2.45, 2.75) is 19.9 Å². The molecule has 0 saturated carbocycles. The molecule has 2 saturated heterocycles. The topological polar surface area (TPSA) is 69.9 Å². The molecule has 0 unspecified atom stereocenters. The summed E-state index contributed by atoms with van der Waals surface area (Å²) in [5.74, 6) is 3.53. The van der Waals surface area contributed by atoms with Crippen LogP contribution in [0.25, 0.3) is 0 Å². The monoisotopic (exact) mass is 343 g/mol. The largest absolute Gasteiger partial charge is 0.454 e. The zero-order chi connectivity index (χ0) is 16.9. The van der Waals surface area contributed by atoms with Crippen molar-refractivity contribution < 1.29 is 18.6 Å². The molecule has 25 heavy (non-hydrogen) atoms. The maximum Gasteiger partial charge on any atom is 0.231 e. The Labute approximate surface area is 145 Å². The van der Waals surface area contributed by atoms with Crippen LogP contribution in [0.2, 0.25) is 0 Å². The Balaban J connectivity index is 1.32. The van der Waals surface area contributed by atoms with E-state index in [1.807, 2.05) is 13.0 Å². The van der Waals surface area contributed by atoms with E-state index >= 15 is 0 Å². The third kappa shape index (κ3) is 2.67. The number of aryl methyl sites for hydroxylation is 1. The van der Waals surface area contributed by atoms with Crippen LogP contribution in [0.4, 0.5) is 0 Å². The van der Waals surface area contributed by atoms with Crippen LogP contribution in [0, 0.1) is 18.3 Å². The molecule has 2 aromatic rings. The van der Waals surface area contributed by atoms with Crippen LogP contribution >= 0.6 is 0 Å². The summed E-state index contributed by atoms with van der Waals surface area (Å²) >= 11 is 0. The SMILES string of the molecule is Cc1nnc(C[C@]23COC[C@H]2CN(Cc2ccc4c(c2)OCO4)C3)o1. The van der Waals surface area contributed by atoms with Crippen molar-refractivity contribution in [3.05, 3.63) is 35.5 Å². The molecular weight excluding hydrogens is 322 g/mol. The molecule has 4 heterocycles. The van der Waals surface area contributed by atoms with Gasteiger partial charge in [0.25, 0.3) is 0 Å². The predicted molar refractivity (Wildman–Crippen MR) is 87.3 cm³/mol. The van der Waals surface area contributed by atoms with E-state index in [0.29, 0.717) is 18.6 Å². The first kappa shape index (κ1) is 15.2. The minimum absolute atomic E-state index is 0.0787. The summed E-state index contributed by atoms with van der Waals surface area (Å²) in [5, 5.41) is 8.15. The number of fused-ring (bicyclic) bond motifs is 2. The van der Waals surface area contributed by atoms with Crippen molar-refractivity contribution in [2.75, 3.05) is 33.1 Å². The van der Waals surface area contributed by atoms with Gasteiger partial charge in [-0.3, -0.25) is 4.90 Å². The molecule has 2 fully saturated rings. The van der Waals surface area contributed by atoms with E-state index in [0.717, 1.165) is 56.7 Å². The van der Waals surface area contributed by atoms with Crippen molar-refractivity contribution in [3.63, 3.8) is 0 Å². The second kappa shape index (κ2) is 5.71. The van der Waals surface area contributed by atoms with E-state index in [9.17, 15) is 0 Å². The quantitative estimate of drug-likeness (QED) is 0.838. The van der Waals surface area contributed by atoms with Gasteiger partial charge in [0.05, 0.1) is 13.2 Å². The number of nitrogens with zero attached hydrogens (tertiary/aromatic N) is 3. The van der Waals surface area contributed by atoms with Crippen LogP contribution < -0.4 is 9.47 Å². The highest BCUT2D eigenvalue weighted by atomic mass is 16.7. The van der Waals surface area contributed by atoms with Crippen molar-refractivity contribution >= 4 is 0 Å². The Hall–Kier alpha value is -2.12. The molecule has 3 aliphatic rings. The van der Waals surface area contributed by atoms with Crippen molar-refractivity contribution in [2.24, 2.45) is 11.3 Å². The summed E-state index contributed by atoms with van der Waals surface area (Å²) in [6, 6.07) is 6.20. The van der Waals surface area contributed by atoms with E-state index in [1.54, 1.807) is 0 Å². The van der Waals surface area contributed by atoms with Crippen LogP contribution in [0.1, 0.15) is 17.3 Å². The molecule has 0 radical (unpaired) electrons. The van der Waals surface area contributed by atoms with Gasteiger partial charge in [0.15, 0.2) is 11.5 Å². The van der Waals surface area contributed by atoms with E-state index in [1.165, 1.54) is 5.56 Å². The summed E-state index contributed by atoms with van der Waals surface area (Å²) in [4.78, 5) is 2.49. The lowest BCUT2D eigenvalue weighted by Crippen LogP contribution is -2.33. The normalized spacial score (nSPS) is 27.8. The van der Waals surface area contributed by atoms with Gasteiger partial charge in [-0.25, -0.2) is 0 Å². The lowest BCUT2D eigenvalue weighted by Gasteiger charge is -2.25. The molecule has 5 rings (SSSR count). The fourth-order valence-electron chi connectivity index (χ4n) is 4.32. The molecule has 3 aliphatic heterocycles. The summed E-state index contributed by atoms with van der Waals surface area (Å²) < 4.78 is 22.3. The van der Waals surface area contributed by atoms with Gasteiger partial charge in [-0.15, -0.1) is 10.2 Å². The minimum atomic E-state index is 0.0787. The molecule has 1 aromatic carbocycles. The molecular formula is C18H21N3O4. The average molecular weight is 343 g/mol. The van der Waals surface area contributed by atoms with Gasteiger partial charge in [0.1, 0.15) is 0 Å². The lowest BCUT2D eigenvalue weighted by atomic mass is 9.78. The molecule has 0 spiro atoms. The van der Waals surface area contributed by atoms with E-state index < -0.39 is 0 Å². The van der Waals surface area contributed by atoms with Crippen LogP contribution in [-0.4, -0.2) is 48.2 Å². The Kier molecular flexibility index (Phi) is 3.46. The first-order chi connectivity index (χ1) is 12.2. The smallest absolute Gasteiger partial charge is 0.231 e. The van der Waals surface area contributed by atoms with Crippen molar-refractivity contribution in [3.8, 4) is 11.5 Å². The molecule has 0 amide bonds. The second-order valence-electron chi connectivity index (χ2n) is 7.32. The minimum Gasteiger partial charge on any atom is -0.454 e. The molecule has 7 nitrogen and oxygen atoms in total. The third-order valence-electron chi connectivity index (χ3n) is 5.51. The Morgan fingerprint density at radius 3 is 3.04 bits per heavy atom. The zero-order valence-corrected chi connectivity index (χ0v) is 14.2. The van der Waals surface area contributed by atoms with Crippen LogP contribution in [-0.2, 0) is 17.7 Å². The van der Waals surface area contributed by atoms with Crippen LogP contribution in [0.5, 0.6) is 11.5 Å². The van der Waals surface area contributed by atoms with Crippen molar-refractivity contribution in [1.29, 1.82) is 0 Å². The fraction of sp³-hybridized carbons (Fsp3) is 0.556. The molecule has 0 aliphatic carbocycles. The summed E-state index contributed by atoms with van der Waals surface area (Å²) in [5.41, 5.74) is 1.32. The summed E-state index contributed by atoms with van der Waals surface area (Å²) in [6.07, 6.45) is 0.788. The highest BCUT2D eigenvalue weighted by molar-refractivity contribution is 5.44. The van der Waals surface area contributed by atoms with E-state index in [2.05, 4.69) is 27.2 Å². The average Bonchev–Trinajstić information content (AvgIpc) is 3.32. The fourth-order valence-corrected chi connectivity index (χ4v) is 4.32. The van der Waals surface area contributed by atoms with Crippen molar-refractivity contribution in [1.82, 2.24) is 15.1 Å². The van der Waals surface area contributed by atoms with Crippen LogP contribution in [0.15, 0.2) is 22.6 Å². The first-order valence-electron chi connectivity index (χ1n) is 8.68. The first-order valence-corrected chi connectivity index (χ1v) is 8.68. The predicted octanol–water partition coefficient (Wildman–Crippen LogP) is 1.80. The number of ether oxygens (including phenoxy) is 3. The molecule has 2 atom stereocenters. The van der Waals surface area contributed by atoms with Gasteiger partial charge < -0.3 is 18.6 Å². The van der Waals surface area contributed by atoms with E-state index in [4.69, 9.17) is 18.6 Å². The number of rotatable bonds is 4. The number of benzene rings is 1. The Morgan fingerprint density at radius 2 is 2.16 bits per heavy atom. The molecule has 1 aromatic heterocycles. The molecule has 0 bridgehead atoms. The van der Waals surface area contributed by atoms with E-state index in [-0.39, 0.29) is 5.41 Å². The highest BCUT2D eigenvalue weighted by Gasteiger charge is 2.51. The highest BCUT2D eigenvalue weighted by Crippen LogP contribution is 2.44. The zero-order valence-electron chi connectivity index (χ0n) is 14.2. The summed E-state index contributed by atoms with van der Waals surface area (Å²) in [7, 11) is 0. The van der Waals surface area contributed by atoms with Gasteiger partial charge in [-0.2, -0.15) is 0 Å². The standard InChI is InChI=1S/C18H21N3O4/c1-12-19-20-17(25-12)5-18-9-21(7-14(18)8-22-10-18)6-13-2-3-15-16(4-13)24-11-23-15/h2-4,14H,5-11H2,1H3/t14-,18+/m1/s1. The molecule has 132 valence electrons. The van der Waals surface area contributed by atoms with Crippen LogP contribution in [0.3, 0.4) is 0 Å². The second-order valence-corrected chi connectivity index (χ2v) is 7.32. The maximum absolute atomic E-state index is 5.80. The van der Waals surface area contributed by atoms with Gasteiger partial charge in [0.2, 0.25) is 18.6 Å². The maximum atomic E-state index is 5.80. The Morgan fingerprint density at radius 1 is 1.24 bits per heavy atom.